The first-order valence-corrected chi connectivity index (χ1v) is 6.00. The lowest BCUT2D eigenvalue weighted by Gasteiger charge is -2.09. The van der Waals surface area contributed by atoms with Crippen molar-refractivity contribution < 1.29 is 0 Å². The first kappa shape index (κ1) is 9.65. The summed E-state index contributed by atoms with van der Waals surface area (Å²) >= 11 is 0. The SMILES string of the molecule is C1=Cc2nc3nc4ccccc4nc3nc2CC1. The molecule has 2 aromatic heterocycles. The van der Waals surface area contributed by atoms with Gasteiger partial charge in [-0.2, -0.15) is 0 Å². The second-order valence-corrected chi connectivity index (χ2v) is 4.36. The molecule has 3 aromatic rings. The maximum Gasteiger partial charge on any atom is 0.199 e. The van der Waals surface area contributed by atoms with E-state index in [2.05, 4.69) is 26.0 Å². The van der Waals surface area contributed by atoms with Crippen LogP contribution in [0.1, 0.15) is 17.8 Å². The first-order valence-electron chi connectivity index (χ1n) is 6.00. The highest BCUT2D eigenvalue weighted by Crippen LogP contribution is 2.19. The number of nitrogens with zero attached hydrogens (tertiary/aromatic N) is 4. The Morgan fingerprint density at radius 2 is 1.56 bits per heavy atom. The van der Waals surface area contributed by atoms with Crippen molar-refractivity contribution in [3.63, 3.8) is 0 Å². The zero-order valence-electron chi connectivity index (χ0n) is 9.67. The molecule has 0 amide bonds. The summed E-state index contributed by atoms with van der Waals surface area (Å²) < 4.78 is 0. The first-order chi connectivity index (χ1) is 8.90. The lowest BCUT2D eigenvalue weighted by atomic mass is 10.1. The van der Waals surface area contributed by atoms with Crippen molar-refractivity contribution in [3.8, 4) is 0 Å². The van der Waals surface area contributed by atoms with Crippen LogP contribution >= 0.6 is 0 Å². The van der Waals surface area contributed by atoms with Gasteiger partial charge in [0.25, 0.3) is 0 Å². The molecule has 2 heterocycles. The number of hydrogen-bond donors (Lipinski definition) is 0. The monoisotopic (exact) mass is 234 g/mol. The summed E-state index contributed by atoms with van der Waals surface area (Å²) in [5, 5.41) is 0. The number of hydrogen-bond acceptors (Lipinski definition) is 4. The molecule has 4 nitrogen and oxygen atoms in total. The fraction of sp³-hybridized carbons (Fsp3) is 0.143. The highest BCUT2D eigenvalue weighted by molar-refractivity contribution is 5.82. The number of benzene rings is 1. The van der Waals surface area contributed by atoms with Gasteiger partial charge in [-0.25, -0.2) is 19.9 Å². The van der Waals surface area contributed by atoms with Gasteiger partial charge in [-0.05, 0) is 31.1 Å². The number of aryl methyl sites for hydroxylation is 1. The number of fused-ring (bicyclic) bond motifs is 3. The minimum Gasteiger partial charge on any atom is -0.228 e. The van der Waals surface area contributed by atoms with E-state index >= 15 is 0 Å². The van der Waals surface area contributed by atoms with Crippen LogP contribution in [0.2, 0.25) is 0 Å². The standard InChI is InChI=1S/C14H10N4/c1-2-6-10-9(5-1)15-13-14(16-10)18-12-8-4-3-7-11(12)17-13/h1-3,5-7H,4,8H2. The Balaban J connectivity index is 2.09. The van der Waals surface area contributed by atoms with Gasteiger partial charge in [-0.3, -0.25) is 0 Å². The summed E-state index contributed by atoms with van der Waals surface area (Å²) in [5.74, 6) is 0. The lowest BCUT2D eigenvalue weighted by Crippen LogP contribution is -2.04. The molecule has 0 unspecified atom stereocenters. The molecule has 4 heteroatoms. The van der Waals surface area contributed by atoms with Gasteiger partial charge >= 0.3 is 0 Å². The minimum absolute atomic E-state index is 0.624. The largest absolute Gasteiger partial charge is 0.228 e. The van der Waals surface area contributed by atoms with Crippen LogP contribution in [0.25, 0.3) is 28.4 Å². The van der Waals surface area contributed by atoms with Crippen molar-refractivity contribution in [2.45, 2.75) is 12.8 Å². The number of allylic oxidation sites excluding steroid dienone is 1. The molecule has 86 valence electrons. The Bertz CT molecular complexity index is 792. The van der Waals surface area contributed by atoms with Gasteiger partial charge in [-0.1, -0.05) is 18.2 Å². The topological polar surface area (TPSA) is 51.6 Å². The van der Waals surface area contributed by atoms with E-state index in [1.165, 1.54) is 0 Å². The number of para-hydroxylation sites is 2. The highest BCUT2D eigenvalue weighted by atomic mass is 15.0. The molecule has 0 fully saturated rings. The quantitative estimate of drug-likeness (QED) is 0.561. The van der Waals surface area contributed by atoms with Crippen LogP contribution in [-0.2, 0) is 6.42 Å². The minimum atomic E-state index is 0.624. The Morgan fingerprint density at radius 3 is 2.33 bits per heavy atom. The van der Waals surface area contributed by atoms with Crippen molar-refractivity contribution >= 4 is 28.4 Å². The van der Waals surface area contributed by atoms with Gasteiger partial charge in [0.05, 0.1) is 22.4 Å². The molecule has 1 aromatic carbocycles. The van der Waals surface area contributed by atoms with Crippen LogP contribution in [-0.4, -0.2) is 19.9 Å². The highest BCUT2D eigenvalue weighted by Gasteiger charge is 2.11. The van der Waals surface area contributed by atoms with E-state index in [1.807, 2.05) is 30.3 Å². The van der Waals surface area contributed by atoms with Gasteiger partial charge in [0.15, 0.2) is 11.3 Å². The van der Waals surface area contributed by atoms with Gasteiger partial charge < -0.3 is 0 Å². The molecule has 0 spiro atoms. The maximum absolute atomic E-state index is 4.58. The fourth-order valence-corrected chi connectivity index (χ4v) is 2.23. The number of rotatable bonds is 0. The molecule has 0 atom stereocenters. The lowest BCUT2D eigenvalue weighted by molar-refractivity contribution is 0.913. The number of aromatic nitrogens is 4. The van der Waals surface area contributed by atoms with Gasteiger partial charge in [0.2, 0.25) is 0 Å². The molecule has 0 saturated carbocycles. The van der Waals surface area contributed by atoms with Crippen LogP contribution in [0, 0.1) is 0 Å². The summed E-state index contributed by atoms with van der Waals surface area (Å²) in [5.41, 5.74) is 4.94. The Labute approximate surface area is 103 Å². The van der Waals surface area contributed by atoms with Crippen LogP contribution in [0.15, 0.2) is 30.3 Å². The van der Waals surface area contributed by atoms with E-state index in [0.717, 1.165) is 35.3 Å². The normalized spacial score (nSPS) is 14.0. The summed E-state index contributed by atoms with van der Waals surface area (Å²) in [6.07, 6.45) is 6.09. The molecular weight excluding hydrogens is 224 g/mol. The van der Waals surface area contributed by atoms with Crippen LogP contribution < -0.4 is 0 Å². The maximum atomic E-state index is 4.58. The second kappa shape index (κ2) is 3.57. The van der Waals surface area contributed by atoms with Gasteiger partial charge in [0, 0.05) is 0 Å². The van der Waals surface area contributed by atoms with Crippen molar-refractivity contribution in [2.24, 2.45) is 0 Å². The third-order valence-electron chi connectivity index (χ3n) is 3.12. The molecule has 1 aliphatic rings. The molecule has 0 bridgehead atoms. The summed E-state index contributed by atoms with van der Waals surface area (Å²) in [7, 11) is 0. The van der Waals surface area contributed by atoms with Crippen molar-refractivity contribution in [1.29, 1.82) is 0 Å². The Morgan fingerprint density at radius 1 is 0.833 bits per heavy atom. The molecule has 0 aliphatic heterocycles. The third kappa shape index (κ3) is 1.39. The average molecular weight is 234 g/mol. The average Bonchev–Trinajstić information content (AvgIpc) is 2.42. The smallest absolute Gasteiger partial charge is 0.199 e. The molecular formula is C14H10N4. The Kier molecular flexibility index (Phi) is 1.91. The second-order valence-electron chi connectivity index (χ2n) is 4.36. The molecule has 0 N–H and O–H groups in total. The van der Waals surface area contributed by atoms with Crippen molar-refractivity contribution in [1.82, 2.24) is 19.9 Å². The van der Waals surface area contributed by atoms with Crippen LogP contribution in [0.3, 0.4) is 0 Å². The van der Waals surface area contributed by atoms with E-state index in [9.17, 15) is 0 Å². The van der Waals surface area contributed by atoms with Crippen molar-refractivity contribution in [3.05, 3.63) is 41.7 Å². The molecule has 1 aliphatic carbocycles. The predicted octanol–water partition coefficient (Wildman–Crippen LogP) is 2.53. The van der Waals surface area contributed by atoms with E-state index in [0.29, 0.717) is 11.3 Å². The molecule has 18 heavy (non-hydrogen) atoms. The molecule has 0 saturated heterocycles. The Hall–Kier alpha value is -2.36. The summed E-state index contributed by atoms with van der Waals surface area (Å²) in [4.78, 5) is 18.2. The molecule has 4 rings (SSSR count). The van der Waals surface area contributed by atoms with Gasteiger partial charge in [0.1, 0.15) is 0 Å². The predicted molar refractivity (Wildman–Crippen MR) is 70.0 cm³/mol. The van der Waals surface area contributed by atoms with E-state index in [-0.39, 0.29) is 0 Å². The zero-order chi connectivity index (χ0) is 11.9. The van der Waals surface area contributed by atoms with E-state index in [1.54, 1.807) is 0 Å². The van der Waals surface area contributed by atoms with Crippen molar-refractivity contribution in [2.75, 3.05) is 0 Å². The van der Waals surface area contributed by atoms with Gasteiger partial charge in [-0.15, -0.1) is 0 Å². The van der Waals surface area contributed by atoms with E-state index < -0.39 is 0 Å². The zero-order valence-corrected chi connectivity index (χ0v) is 9.67. The fourth-order valence-electron chi connectivity index (χ4n) is 2.23. The van der Waals surface area contributed by atoms with Crippen LogP contribution in [0.5, 0.6) is 0 Å². The van der Waals surface area contributed by atoms with Crippen LogP contribution in [0.4, 0.5) is 0 Å². The third-order valence-corrected chi connectivity index (χ3v) is 3.12. The molecule has 0 radical (unpaired) electrons. The van der Waals surface area contributed by atoms with E-state index in [4.69, 9.17) is 0 Å². The summed E-state index contributed by atoms with van der Waals surface area (Å²) in [6, 6.07) is 7.80. The summed E-state index contributed by atoms with van der Waals surface area (Å²) in [6.45, 7) is 0.